The lowest BCUT2D eigenvalue weighted by Gasteiger charge is -2.13. The van der Waals surface area contributed by atoms with Gasteiger partial charge >= 0.3 is 6.18 Å². The van der Waals surface area contributed by atoms with Crippen LogP contribution in [0.25, 0.3) is 5.69 Å². The lowest BCUT2D eigenvalue weighted by molar-refractivity contribution is -0.137. The van der Waals surface area contributed by atoms with Crippen molar-refractivity contribution in [2.24, 2.45) is 5.73 Å². The second-order valence-electron chi connectivity index (χ2n) is 7.56. The predicted molar refractivity (Wildman–Crippen MR) is 111 cm³/mol. The molecule has 3 aromatic rings. The fourth-order valence-electron chi connectivity index (χ4n) is 3.57. The highest BCUT2D eigenvalue weighted by Crippen LogP contribution is 2.40. The molecule has 2 atom stereocenters. The van der Waals surface area contributed by atoms with Gasteiger partial charge in [0.05, 0.1) is 11.1 Å². The largest absolute Gasteiger partial charge is 0.416 e. The van der Waals surface area contributed by atoms with Gasteiger partial charge in [0.2, 0.25) is 5.91 Å². The molecule has 6 nitrogen and oxygen atoms in total. The molecule has 1 unspecified atom stereocenters. The quantitative estimate of drug-likeness (QED) is 0.637. The molecule has 0 aliphatic heterocycles. The third-order valence-corrected chi connectivity index (χ3v) is 5.33. The minimum atomic E-state index is -4.63. The first-order chi connectivity index (χ1) is 15.1. The number of nitrogens with zero attached hydrogens (tertiary/aromatic N) is 1. The van der Waals surface area contributed by atoms with Gasteiger partial charge < -0.3 is 11.1 Å². The van der Waals surface area contributed by atoms with Crippen LogP contribution in [0.2, 0.25) is 0 Å². The van der Waals surface area contributed by atoms with Crippen molar-refractivity contribution in [3.63, 3.8) is 0 Å². The number of hydrogen-bond acceptors (Lipinski definition) is 3. The molecular weight excluding hydrogens is 423 g/mol. The Morgan fingerprint density at radius 3 is 2.41 bits per heavy atom. The molecule has 32 heavy (non-hydrogen) atoms. The molecule has 0 saturated heterocycles. The van der Waals surface area contributed by atoms with Gasteiger partial charge in [-0.15, -0.1) is 0 Å². The van der Waals surface area contributed by atoms with Crippen molar-refractivity contribution in [2.45, 2.75) is 24.6 Å². The van der Waals surface area contributed by atoms with Crippen molar-refractivity contribution in [2.75, 3.05) is 0 Å². The Morgan fingerprint density at radius 2 is 1.75 bits per heavy atom. The third-order valence-electron chi connectivity index (χ3n) is 5.33. The molecule has 1 aliphatic carbocycles. The van der Waals surface area contributed by atoms with E-state index in [4.69, 9.17) is 5.73 Å². The second-order valence-corrected chi connectivity index (χ2v) is 7.56. The monoisotopic (exact) mass is 441 g/mol. The number of halogens is 3. The van der Waals surface area contributed by atoms with E-state index in [1.165, 1.54) is 6.07 Å². The summed E-state index contributed by atoms with van der Waals surface area (Å²) in [6, 6.07) is 14.4. The molecule has 0 radical (unpaired) electrons. The average Bonchev–Trinajstić information content (AvgIpc) is 3.53. The standard InChI is InChI=1S/C23H18F3N3O3/c24-23(25,26)15-7-4-8-16(10-15)29-12-14(20(27)30)9-18(22(29)32)21(31)28-19-11-17(19)13-5-2-1-3-6-13/h1-10,12,17,19H,11H2,(H2,27,30)(H,28,31)/t17-,19?/m1/s1. The molecule has 1 aliphatic rings. The fourth-order valence-corrected chi connectivity index (χ4v) is 3.57. The van der Waals surface area contributed by atoms with E-state index in [1.54, 1.807) is 0 Å². The summed E-state index contributed by atoms with van der Waals surface area (Å²) in [6.45, 7) is 0. The Balaban J connectivity index is 1.68. The number of primary amides is 1. The molecule has 1 saturated carbocycles. The van der Waals surface area contributed by atoms with Crippen molar-refractivity contribution < 1.29 is 22.8 Å². The first kappa shape index (κ1) is 21.4. The molecule has 1 aromatic heterocycles. The maximum absolute atomic E-state index is 13.1. The fraction of sp³-hybridized carbons (Fsp3) is 0.174. The van der Waals surface area contributed by atoms with Gasteiger partial charge in [-0.25, -0.2) is 0 Å². The van der Waals surface area contributed by atoms with Crippen molar-refractivity contribution in [3.8, 4) is 5.69 Å². The van der Waals surface area contributed by atoms with E-state index in [9.17, 15) is 27.6 Å². The maximum Gasteiger partial charge on any atom is 0.416 e. The Labute approximate surface area is 180 Å². The lowest BCUT2D eigenvalue weighted by Crippen LogP contribution is -2.35. The summed E-state index contributed by atoms with van der Waals surface area (Å²) < 4.78 is 40.1. The van der Waals surface area contributed by atoms with Gasteiger partial charge in [-0.1, -0.05) is 36.4 Å². The highest BCUT2D eigenvalue weighted by Gasteiger charge is 2.40. The molecule has 1 heterocycles. The molecule has 9 heteroatoms. The van der Waals surface area contributed by atoms with Crippen LogP contribution in [-0.2, 0) is 6.18 Å². The van der Waals surface area contributed by atoms with E-state index in [0.29, 0.717) is 6.42 Å². The zero-order chi connectivity index (χ0) is 23.0. The lowest BCUT2D eigenvalue weighted by atomic mass is 10.1. The Kier molecular flexibility index (Phi) is 5.33. The summed E-state index contributed by atoms with van der Waals surface area (Å²) in [5.41, 5.74) is 3.84. The Bertz CT molecular complexity index is 1250. The summed E-state index contributed by atoms with van der Waals surface area (Å²) in [7, 11) is 0. The number of rotatable bonds is 5. The maximum atomic E-state index is 13.1. The first-order valence-electron chi connectivity index (χ1n) is 9.75. The Hall–Kier alpha value is -3.88. The van der Waals surface area contributed by atoms with Crippen LogP contribution in [0.1, 0.15) is 44.2 Å². The van der Waals surface area contributed by atoms with Crippen LogP contribution >= 0.6 is 0 Å². The van der Waals surface area contributed by atoms with Crippen LogP contribution in [0.4, 0.5) is 13.2 Å². The van der Waals surface area contributed by atoms with Crippen LogP contribution in [0.3, 0.4) is 0 Å². The zero-order valence-corrected chi connectivity index (χ0v) is 16.6. The van der Waals surface area contributed by atoms with Gasteiger partial charge in [-0.2, -0.15) is 13.2 Å². The number of benzene rings is 2. The normalized spacial score (nSPS) is 17.6. The van der Waals surface area contributed by atoms with Crippen LogP contribution in [0.5, 0.6) is 0 Å². The number of amides is 2. The topological polar surface area (TPSA) is 94.2 Å². The van der Waals surface area contributed by atoms with Gasteiger partial charge in [0.15, 0.2) is 0 Å². The summed E-state index contributed by atoms with van der Waals surface area (Å²) in [5.74, 6) is -1.54. The van der Waals surface area contributed by atoms with Gasteiger partial charge in [0.1, 0.15) is 5.56 Å². The van der Waals surface area contributed by atoms with Crippen LogP contribution in [-0.4, -0.2) is 22.4 Å². The average molecular weight is 441 g/mol. The Morgan fingerprint density at radius 1 is 1.03 bits per heavy atom. The highest BCUT2D eigenvalue weighted by atomic mass is 19.4. The smallest absolute Gasteiger partial charge is 0.366 e. The van der Waals surface area contributed by atoms with Gasteiger partial charge in [0, 0.05) is 23.8 Å². The summed E-state index contributed by atoms with van der Waals surface area (Å²) in [6.07, 6.45) is -2.91. The number of nitrogens with one attached hydrogen (secondary N) is 1. The van der Waals surface area contributed by atoms with Gasteiger partial charge in [-0.05, 0) is 36.2 Å². The minimum absolute atomic E-state index is 0.102. The number of aromatic nitrogens is 1. The highest BCUT2D eigenvalue weighted by molar-refractivity contribution is 5.99. The number of alkyl halides is 3. The van der Waals surface area contributed by atoms with Crippen molar-refractivity contribution in [3.05, 3.63) is 99.5 Å². The van der Waals surface area contributed by atoms with Crippen LogP contribution < -0.4 is 16.6 Å². The van der Waals surface area contributed by atoms with Crippen molar-refractivity contribution >= 4 is 11.8 Å². The van der Waals surface area contributed by atoms with E-state index in [-0.39, 0.29) is 28.8 Å². The molecule has 2 amide bonds. The predicted octanol–water partition coefficient (Wildman–Crippen LogP) is 3.24. The second kappa shape index (κ2) is 7.99. The molecule has 4 rings (SSSR count). The number of pyridine rings is 1. The summed E-state index contributed by atoms with van der Waals surface area (Å²) >= 11 is 0. The SMILES string of the molecule is NC(=O)c1cc(C(=O)NC2C[C@@H]2c2ccccc2)c(=O)n(-c2cccc(C(F)(F)F)c2)c1. The molecule has 164 valence electrons. The van der Waals surface area contributed by atoms with Gasteiger partial charge in [-0.3, -0.25) is 19.0 Å². The summed E-state index contributed by atoms with van der Waals surface area (Å²) in [5, 5.41) is 2.76. The molecule has 2 aromatic carbocycles. The molecule has 1 fully saturated rings. The number of nitrogens with two attached hydrogens (primary N) is 1. The van der Waals surface area contributed by atoms with E-state index in [1.807, 2.05) is 30.3 Å². The van der Waals surface area contributed by atoms with E-state index in [2.05, 4.69) is 5.32 Å². The van der Waals surface area contributed by atoms with Crippen molar-refractivity contribution in [1.82, 2.24) is 9.88 Å². The summed E-state index contributed by atoms with van der Waals surface area (Å²) in [4.78, 5) is 37.6. The van der Waals surface area contributed by atoms with E-state index in [0.717, 1.165) is 40.6 Å². The van der Waals surface area contributed by atoms with Crippen molar-refractivity contribution in [1.29, 1.82) is 0 Å². The van der Waals surface area contributed by atoms with E-state index < -0.39 is 29.1 Å². The van der Waals surface area contributed by atoms with Crippen LogP contribution in [0, 0.1) is 0 Å². The number of carbonyl (C=O) groups is 2. The first-order valence-corrected chi connectivity index (χ1v) is 9.75. The van der Waals surface area contributed by atoms with Crippen LogP contribution in [0.15, 0.2) is 71.7 Å². The molecular formula is C23H18F3N3O3. The molecule has 3 N–H and O–H groups in total. The van der Waals surface area contributed by atoms with Gasteiger partial charge in [0.25, 0.3) is 11.5 Å². The minimum Gasteiger partial charge on any atom is -0.366 e. The molecule has 0 spiro atoms. The third kappa shape index (κ3) is 4.27. The number of hydrogen-bond donors (Lipinski definition) is 2. The van der Waals surface area contributed by atoms with E-state index >= 15 is 0 Å². The zero-order valence-electron chi connectivity index (χ0n) is 16.6. The molecule has 0 bridgehead atoms. The number of carbonyl (C=O) groups excluding carboxylic acids is 2.